The second-order valence-electron chi connectivity index (χ2n) is 17.4. The van der Waals surface area contributed by atoms with Crippen molar-refractivity contribution in [3.63, 3.8) is 0 Å². The molecule has 8 heteroatoms. The van der Waals surface area contributed by atoms with Crippen LogP contribution in [0.25, 0.3) is 0 Å². The summed E-state index contributed by atoms with van der Waals surface area (Å²) in [4.78, 5) is 33.6. The van der Waals surface area contributed by atoms with Gasteiger partial charge in [-0.3, -0.25) is 19.5 Å². The van der Waals surface area contributed by atoms with Gasteiger partial charge in [0.15, 0.2) is 0 Å². The Hall–Kier alpha value is -1.67. The van der Waals surface area contributed by atoms with Gasteiger partial charge in [-0.1, -0.05) is 175 Å². The van der Waals surface area contributed by atoms with Crippen LogP contribution in [0, 0.1) is 11.8 Å². The normalized spacial score (nSPS) is 13.3. The van der Waals surface area contributed by atoms with Crippen LogP contribution >= 0.6 is 0 Å². The first kappa shape index (κ1) is 55.3. The summed E-state index contributed by atoms with van der Waals surface area (Å²) < 4.78 is 11.4. The van der Waals surface area contributed by atoms with Crippen LogP contribution in [0.1, 0.15) is 227 Å². The number of carbonyl (C=O) groups excluding carboxylic acids is 2. The summed E-state index contributed by atoms with van der Waals surface area (Å²) in [5.41, 5.74) is 0. The number of ether oxygens (including phenoxy) is 2. The molecule has 0 fully saturated rings. The van der Waals surface area contributed by atoms with Crippen molar-refractivity contribution in [2.75, 3.05) is 53.5 Å². The van der Waals surface area contributed by atoms with E-state index in [-0.39, 0.29) is 11.9 Å². The molecule has 0 aliphatic heterocycles. The molecule has 338 valence electrons. The zero-order valence-electron chi connectivity index (χ0n) is 38.9. The fourth-order valence-electron chi connectivity index (χ4n) is 7.97. The van der Waals surface area contributed by atoms with Gasteiger partial charge < -0.3 is 19.5 Å². The van der Waals surface area contributed by atoms with E-state index in [1.807, 2.05) is 13.4 Å². The number of nitrogens with zero attached hydrogens (tertiary/aromatic N) is 3. The molecule has 0 aromatic carbocycles. The van der Waals surface area contributed by atoms with E-state index in [2.05, 4.69) is 42.5 Å². The second-order valence-corrected chi connectivity index (χ2v) is 17.4. The molecule has 0 aliphatic rings. The van der Waals surface area contributed by atoms with Gasteiger partial charge in [-0.15, -0.1) is 0 Å². The van der Waals surface area contributed by atoms with E-state index >= 15 is 0 Å². The summed E-state index contributed by atoms with van der Waals surface area (Å²) >= 11 is 0. The van der Waals surface area contributed by atoms with Crippen LogP contribution in [0.15, 0.2) is 4.99 Å². The summed E-state index contributed by atoms with van der Waals surface area (Å²) in [6, 6.07) is 0. The Labute approximate surface area is 354 Å². The molecule has 0 aliphatic carbocycles. The number of unbranched alkanes of at least 4 members (excludes halogenated alkanes) is 16. The van der Waals surface area contributed by atoms with Crippen LogP contribution in [0.2, 0.25) is 0 Å². The van der Waals surface area contributed by atoms with Crippen molar-refractivity contribution in [2.24, 2.45) is 16.8 Å². The SMILES string of the molecule is CCCCCCCC(CCCCC)CCOC(=O)CCCCCCN(CCN(C)C=NC)CC(O)CCCCC(=O)OCCC(CCCCC)CCCCCCC. The second kappa shape index (κ2) is 42.5. The molecule has 8 nitrogen and oxygen atoms in total. The first-order valence-electron chi connectivity index (χ1n) is 24.6. The maximum atomic E-state index is 12.5. The minimum atomic E-state index is -0.422. The molecule has 57 heavy (non-hydrogen) atoms. The highest BCUT2D eigenvalue weighted by Gasteiger charge is 2.15. The smallest absolute Gasteiger partial charge is 0.305 e. The Morgan fingerprint density at radius 3 is 1.42 bits per heavy atom. The number of hydrogen-bond donors (Lipinski definition) is 1. The Balaban J connectivity index is 4.45. The standard InChI is InChI=1S/C49H97N3O5/c1-7-11-15-17-23-31-45(29-21-13-9-3)36-41-56-48(54)34-25-19-20-28-38-52(40-39-51(6)44-50-5)43-47(53)33-26-27-35-49(55)57-42-37-46(30-22-14-10-4)32-24-18-16-12-8-2/h44-47,53H,7-43H2,1-6H3. The third-order valence-electron chi connectivity index (χ3n) is 11.8. The quantitative estimate of drug-likeness (QED) is 0.0284. The molecule has 1 N–H and O–H groups in total. The molecular formula is C49H97N3O5. The maximum Gasteiger partial charge on any atom is 0.305 e. The lowest BCUT2D eigenvalue weighted by atomic mass is 9.92. The van der Waals surface area contributed by atoms with Crippen LogP contribution in [-0.4, -0.2) is 92.8 Å². The highest BCUT2D eigenvalue weighted by molar-refractivity contribution is 5.69. The number of aliphatic hydroxyl groups excluding tert-OH is 1. The lowest BCUT2D eigenvalue weighted by Crippen LogP contribution is -2.38. The maximum absolute atomic E-state index is 12.5. The zero-order valence-corrected chi connectivity index (χ0v) is 38.9. The Morgan fingerprint density at radius 1 is 0.526 bits per heavy atom. The first-order chi connectivity index (χ1) is 27.8. The van der Waals surface area contributed by atoms with Crippen molar-refractivity contribution in [1.82, 2.24) is 9.80 Å². The molecule has 0 bridgehead atoms. The van der Waals surface area contributed by atoms with Crippen LogP contribution < -0.4 is 0 Å². The lowest BCUT2D eigenvalue weighted by Gasteiger charge is -2.27. The Kier molecular flexibility index (Phi) is 41.2. The molecule has 0 aromatic rings. The lowest BCUT2D eigenvalue weighted by molar-refractivity contribution is -0.145. The number of aliphatic hydroxyl groups is 1. The number of hydrogen-bond acceptors (Lipinski definition) is 7. The van der Waals surface area contributed by atoms with Crippen molar-refractivity contribution in [3.8, 4) is 0 Å². The predicted octanol–water partition coefficient (Wildman–Crippen LogP) is 12.7. The predicted molar refractivity (Wildman–Crippen MR) is 244 cm³/mol. The van der Waals surface area contributed by atoms with Crippen molar-refractivity contribution >= 4 is 18.3 Å². The van der Waals surface area contributed by atoms with Gasteiger partial charge in [-0.05, 0) is 56.9 Å². The molecule has 0 amide bonds. The largest absolute Gasteiger partial charge is 0.466 e. The fraction of sp³-hybridized carbons (Fsp3) is 0.939. The van der Waals surface area contributed by atoms with Gasteiger partial charge in [-0.2, -0.15) is 0 Å². The number of likely N-dealkylation sites (N-methyl/N-ethyl adjacent to an activating group) is 1. The van der Waals surface area contributed by atoms with Gasteiger partial charge in [0.25, 0.3) is 0 Å². The number of esters is 2. The Bertz CT molecular complexity index is 902. The van der Waals surface area contributed by atoms with Gasteiger partial charge >= 0.3 is 11.9 Å². The average Bonchev–Trinajstić information content (AvgIpc) is 3.19. The van der Waals surface area contributed by atoms with Gasteiger partial charge in [0.1, 0.15) is 0 Å². The molecule has 3 unspecified atom stereocenters. The van der Waals surface area contributed by atoms with Gasteiger partial charge in [0, 0.05) is 46.6 Å². The van der Waals surface area contributed by atoms with E-state index in [1.165, 1.54) is 128 Å². The third kappa shape index (κ3) is 38.3. The molecule has 0 rings (SSSR count). The number of aliphatic imine (C=N–C) groups is 1. The molecule has 3 atom stereocenters. The number of rotatable bonds is 44. The molecule has 0 saturated heterocycles. The summed E-state index contributed by atoms with van der Waals surface area (Å²) in [5.74, 6) is 1.22. The first-order valence-corrected chi connectivity index (χ1v) is 24.6. The monoisotopic (exact) mass is 808 g/mol. The van der Waals surface area contributed by atoms with E-state index < -0.39 is 6.10 Å². The van der Waals surface area contributed by atoms with E-state index in [0.717, 1.165) is 71.0 Å². The van der Waals surface area contributed by atoms with Crippen molar-refractivity contribution < 1.29 is 24.2 Å². The van der Waals surface area contributed by atoms with Crippen molar-refractivity contribution in [1.29, 1.82) is 0 Å². The average molecular weight is 808 g/mol. The van der Waals surface area contributed by atoms with Crippen molar-refractivity contribution in [2.45, 2.75) is 233 Å². The molecule has 0 spiro atoms. The van der Waals surface area contributed by atoms with Crippen molar-refractivity contribution in [3.05, 3.63) is 0 Å². The minimum Gasteiger partial charge on any atom is -0.466 e. The van der Waals surface area contributed by atoms with Crippen LogP contribution in [0.4, 0.5) is 0 Å². The highest BCUT2D eigenvalue weighted by atomic mass is 16.5. The van der Waals surface area contributed by atoms with E-state index in [9.17, 15) is 14.7 Å². The minimum absolute atomic E-state index is 0.0427. The van der Waals surface area contributed by atoms with Crippen LogP contribution in [-0.2, 0) is 19.1 Å². The Morgan fingerprint density at radius 2 is 0.930 bits per heavy atom. The van der Waals surface area contributed by atoms with Gasteiger partial charge in [-0.25, -0.2) is 0 Å². The summed E-state index contributed by atoms with van der Waals surface area (Å²) in [5, 5.41) is 10.9. The van der Waals surface area contributed by atoms with Crippen LogP contribution in [0.5, 0.6) is 0 Å². The summed E-state index contributed by atoms with van der Waals surface area (Å²) in [7, 11) is 3.82. The van der Waals surface area contributed by atoms with Crippen LogP contribution in [0.3, 0.4) is 0 Å². The molecule has 0 saturated carbocycles. The topological polar surface area (TPSA) is 91.7 Å². The molecule has 0 aromatic heterocycles. The molecule has 0 radical (unpaired) electrons. The molecule has 0 heterocycles. The van der Waals surface area contributed by atoms with E-state index in [0.29, 0.717) is 50.9 Å². The summed E-state index contributed by atoms with van der Waals surface area (Å²) in [6.07, 6.45) is 36.5. The van der Waals surface area contributed by atoms with Gasteiger partial charge in [0.2, 0.25) is 0 Å². The number of carbonyl (C=O) groups is 2. The zero-order chi connectivity index (χ0) is 42.0. The van der Waals surface area contributed by atoms with E-state index in [1.54, 1.807) is 7.05 Å². The van der Waals surface area contributed by atoms with E-state index in [4.69, 9.17) is 9.47 Å². The molecular weight excluding hydrogens is 711 g/mol. The highest BCUT2D eigenvalue weighted by Crippen LogP contribution is 2.23. The fourth-order valence-corrected chi connectivity index (χ4v) is 7.97. The third-order valence-corrected chi connectivity index (χ3v) is 11.8. The summed E-state index contributed by atoms with van der Waals surface area (Å²) in [6.45, 7) is 13.4. The van der Waals surface area contributed by atoms with Gasteiger partial charge in [0.05, 0.1) is 25.7 Å².